The van der Waals surface area contributed by atoms with Crippen LogP contribution in [0, 0.1) is 6.92 Å². The summed E-state index contributed by atoms with van der Waals surface area (Å²) < 4.78 is 0. The third kappa shape index (κ3) is 1.82. The number of benzene rings is 1. The molecule has 0 spiro atoms. The highest BCUT2D eigenvalue weighted by Gasteiger charge is 2.22. The first kappa shape index (κ1) is 10.0. The molecule has 3 heteroatoms. The third-order valence-corrected chi connectivity index (χ3v) is 2.25. The van der Waals surface area contributed by atoms with Crippen molar-refractivity contribution in [3.63, 3.8) is 0 Å². The summed E-state index contributed by atoms with van der Waals surface area (Å²) in [7, 11) is 0. The lowest BCUT2D eigenvalue weighted by molar-refractivity contribution is 0.209. The lowest BCUT2D eigenvalue weighted by atomic mass is 9.90. The minimum Gasteiger partial charge on any atom is -0.508 e. The van der Waals surface area contributed by atoms with Crippen LogP contribution in [0.4, 0.5) is 0 Å². The molecule has 0 aromatic heterocycles. The smallest absolute Gasteiger partial charge is 0.118 e. The van der Waals surface area contributed by atoms with Crippen molar-refractivity contribution in [3.05, 3.63) is 29.3 Å². The van der Waals surface area contributed by atoms with Crippen LogP contribution in [0.2, 0.25) is 0 Å². The van der Waals surface area contributed by atoms with E-state index in [9.17, 15) is 5.11 Å². The second kappa shape index (κ2) is 3.36. The second-order valence-corrected chi connectivity index (χ2v) is 3.53. The summed E-state index contributed by atoms with van der Waals surface area (Å²) in [5.41, 5.74) is 6.55. The van der Waals surface area contributed by atoms with Gasteiger partial charge in [0.2, 0.25) is 0 Å². The highest BCUT2D eigenvalue weighted by Crippen LogP contribution is 2.26. The number of hydrogen-bond acceptors (Lipinski definition) is 3. The zero-order valence-corrected chi connectivity index (χ0v) is 7.91. The minimum absolute atomic E-state index is 0.142. The number of aliphatic hydroxyl groups is 1. The van der Waals surface area contributed by atoms with Gasteiger partial charge in [-0.15, -0.1) is 0 Å². The van der Waals surface area contributed by atoms with Crippen molar-refractivity contribution in [1.29, 1.82) is 0 Å². The average molecular weight is 181 g/mol. The predicted molar refractivity (Wildman–Crippen MR) is 51.5 cm³/mol. The molecule has 0 aliphatic carbocycles. The average Bonchev–Trinajstić information content (AvgIpc) is 2.09. The molecular weight excluding hydrogens is 166 g/mol. The van der Waals surface area contributed by atoms with E-state index in [-0.39, 0.29) is 12.4 Å². The summed E-state index contributed by atoms with van der Waals surface area (Å²) in [6.45, 7) is 3.37. The summed E-state index contributed by atoms with van der Waals surface area (Å²) in [5, 5.41) is 18.5. The molecule has 0 radical (unpaired) electrons. The van der Waals surface area contributed by atoms with Gasteiger partial charge in [0, 0.05) is 0 Å². The number of aromatic hydroxyl groups is 1. The maximum atomic E-state index is 9.42. The Hall–Kier alpha value is -1.06. The second-order valence-electron chi connectivity index (χ2n) is 3.53. The number of phenols is 1. The van der Waals surface area contributed by atoms with Gasteiger partial charge in [-0.05, 0) is 31.0 Å². The summed E-state index contributed by atoms with van der Waals surface area (Å²) >= 11 is 0. The van der Waals surface area contributed by atoms with Gasteiger partial charge in [0.15, 0.2) is 0 Å². The largest absolute Gasteiger partial charge is 0.508 e. The molecule has 1 aromatic rings. The first-order valence-corrected chi connectivity index (χ1v) is 4.18. The van der Waals surface area contributed by atoms with Crippen molar-refractivity contribution in [2.24, 2.45) is 5.73 Å². The van der Waals surface area contributed by atoms with Crippen molar-refractivity contribution in [1.82, 2.24) is 0 Å². The Labute approximate surface area is 77.8 Å². The van der Waals surface area contributed by atoms with Crippen molar-refractivity contribution >= 4 is 0 Å². The van der Waals surface area contributed by atoms with E-state index in [4.69, 9.17) is 10.8 Å². The number of phenolic OH excluding ortho intramolecular Hbond substituents is 1. The molecule has 0 saturated carbocycles. The number of hydrogen-bond donors (Lipinski definition) is 3. The number of aliphatic hydroxyl groups excluding tert-OH is 1. The molecule has 1 unspecified atom stereocenters. The maximum absolute atomic E-state index is 9.42. The van der Waals surface area contributed by atoms with Crippen molar-refractivity contribution in [2.75, 3.05) is 6.61 Å². The molecule has 0 aliphatic heterocycles. The summed E-state index contributed by atoms with van der Waals surface area (Å²) in [4.78, 5) is 0. The summed E-state index contributed by atoms with van der Waals surface area (Å²) in [6.07, 6.45) is 0. The van der Waals surface area contributed by atoms with Gasteiger partial charge < -0.3 is 15.9 Å². The molecule has 1 aromatic carbocycles. The SMILES string of the molecule is Cc1c(O)cccc1C(C)(N)CO. The summed E-state index contributed by atoms with van der Waals surface area (Å²) in [5.74, 6) is 0.211. The Morgan fingerprint density at radius 2 is 2.08 bits per heavy atom. The van der Waals surface area contributed by atoms with Crippen molar-refractivity contribution in [3.8, 4) is 5.75 Å². The molecular formula is C10H15NO2. The molecule has 0 saturated heterocycles. The van der Waals surface area contributed by atoms with E-state index in [1.807, 2.05) is 6.07 Å². The quantitative estimate of drug-likeness (QED) is 0.634. The van der Waals surface area contributed by atoms with Crippen molar-refractivity contribution in [2.45, 2.75) is 19.4 Å². The Balaban J connectivity index is 3.22. The summed E-state index contributed by atoms with van der Waals surface area (Å²) in [6, 6.07) is 5.13. The lowest BCUT2D eigenvalue weighted by Gasteiger charge is -2.24. The monoisotopic (exact) mass is 181 g/mol. The fourth-order valence-electron chi connectivity index (χ4n) is 1.33. The molecule has 4 N–H and O–H groups in total. The fraction of sp³-hybridized carbons (Fsp3) is 0.400. The zero-order valence-electron chi connectivity index (χ0n) is 7.91. The van der Waals surface area contributed by atoms with Gasteiger partial charge in [-0.1, -0.05) is 12.1 Å². The Bertz CT molecular complexity index is 308. The van der Waals surface area contributed by atoms with Crippen LogP contribution >= 0.6 is 0 Å². The van der Waals surface area contributed by atoms with Crippen molar-refractivity contribution < 1.29 is 10.2 Å². The molecule has 0 fully saturated rings. The topological polar surface area (TPSA) is 66.5 Å². The standard InChI is InChI=1S/C10H15NO2/c1-7-8(10(2,11)6-12)4-3-5-9(7)13/h3-5,12-13H,6,11H2,1-2H3. The molecule has 3 nitrogen and oxygen atoms in total. The molecule has 0 amide bonds. The molecule has 1 atom stereocenters. The molecule has 0 heterocycles. The van der Waals surface area contributed by atoms with E-state index >= 15 is 0 Å². The van der Waals surface area contributed by atoms with E-state index in [2.05, 4.69) is 0 Å². The molecule has 1 rings (SSSR count). The first-order valence-electron chi connectivity index (χ1n) is 4.18. The van der Waals surface area contributed by atoms with Crippen LogP contribution in [-0.2, 0) is 5.54 Å². The normalized spacial score (nSPS) is 15.4. The maximum Gasteiger partial charge on any atom is 0.118 e. The van der Waals surface area contributed by atoms with E-state index in [0.29, 0.717) is 0 Å². The van der Waals surface area contributed by atoms with Crippen LogP contribution in [0.3, 0.4) is 0 Å². The molecule has 72 valence electrons. The van der Waals surface area contributed by atoms with E-state index in [1.165, 1.54) is 0 Å². The van der Waals surface area contributed by atoms with Crippen LogP contribution in [0.15, 0.2) is 18.2 Å². The Morgan fingerprint density at radius 3 is 2.62 bits per heavy atom. The van der Waals surface area contributed by atoms with Gasteiger partial charge in [-0.25, -0.2) is 0 Å². The van der Waals surface area contributed by atoms with E-state index in [0.717, 1.165) is 11.1 Å². The van der Waals surface area contributed by atoms with Gasteiger partial charge in [0.25, 0.3) is 0 Å². The minimum atomic E-state index is -0.789. The predicted octanol–water partition coefficient (Wildman–Crippen LogP) is 0.867. The Kier molecular flexibility index (Phi) is 2.59. The van der Waals surface area contributed by atoms with Gasteiger partial charge in [-0.3, -0.25) is 0 Å². The highest BCUT2D eigenvalue weighted by molar-refractivity contribution is 5.41. The van der Waals surface area contributed by atoms with Gasteiger partial charge in [0.05, 0.1) is 12.1 Å². The lowest BCUT2D eigenvalue weighted by Crippen LogP contribution is -2.37. The highest BCUT2D eigenvalue weighted by atomic mass is 16.3. The van der Waals surface area contributed by atoms with E-state index < -0.39 is 5.54 Å². The fourth-order valence-corrected chi connectivity index (χ4v) is 1.33. The van der Waals surface area contributed by atoms with E-state index in [1.54, 1.807) is 26.0 Å². The third-order valence-electron chi connectivity index (χ3n) is 2.25. The number of nitrogens with two attached hydrogens (primary N) is 1. The van der Waals surface area contributed by atoms with Gasteiger partial charge >= 0.3 is 0 Å². The molecule has 13 heavy (non-hydrogen) atoms. The number of rotatable bonds is 2. The van der Waals surface area contributed by atoms with Crippen LogP contribution in [0.1, 0.15) is 18.1 Å². The van der Waals surface area contributed by atoms with Crippen LogP contribution in [0.25, 0.3) is 0 Å². The van der Waals surface area contributed by atoms with Crippen LogP contribution < -0.4 is 5.73 Å². The van der Waals surface area contributed by atoms with Gasteiger partial charge in [-0.2, -0.15) is 0 Å². The zero-order chi connectivity index (χ0) is 10.1. The molecule has 0 bridgehead atoms. The van der Waals surface area contributed by atoms with Crippen LogP contribution in [-0.4, -0.2) is 16.8 Å². The first-order chi connectivity index (χ1) is 5.99. The Morgan fingerprint density at radius 1 is 1.46 bits per heavy atom. The van der Waals surface area contributed by atoms with Crippen LogP contribution in [0.5, 0.6) is 5.75 Å². The molecule has 0 aliphatic rings. The van der Waals surface area contributed by atoms with Gasteiger partial charge in [0.1, 0.15) is 5.75 Å².